The highest BCUT2D eigenvalue weighted by Crippen LogP contribution is 2.13. The number of amides is 1. The monoisotopic (exact) mass is 472 g/mol. The first kappa shape index (κ1) is 22.7. The number of aromatic nitrogens is 4. The summed E-state index contributed by atoms with van der Waals surface area (Å²) in [6.45, 7) is 1.03. The van der Waals surface area contributed by atoms with Crippen molar-refractivity contribution in [2.75, 3.05) is 26.2 Å². The Morgan fingerprint density at radius 1 is 1.09 bits per heavy atom. The number of aromatic amines is 2. The van der Waals surface area contributed by atoms with Crippen molar-refractivity contribution in [3.05, 3.63) is 68.0 Å². The van der Waals surface area contributed by atoms with Crippen LogP contribution in [0.4, 0.5) is 0 Å². The van der Waals surface area contributed by atoms with Gasteiger partial charge in [-0.25, -0.2) is 18.2 Å². The summed E-state index contributed by atoms with van der Waals surface area (Å²) in [7, 11) is -2.07. The molecule has 0 saturated carbocycles. The first-order valence-electron chi connectivity index (χ1n) is 10.4. The van der Waals surface area contributed by atoms with E-state index >= 15 is 0 Å². The number of H-pyrrole nitrogens is 2. The molecule has 0 radical (unpaired) electrons. The Bertz CT molecular complexity index is 1410. The highest BCUT2D eigenvalue weighted by Gasteiger charge is 2.27. The van der Waals surface area contributed by atoms with E-state index in [1.807, 2.05) is 30.3 Å². The zero-order valence-corrected chi connectivity index (χ0v) is 18.8. The lowest BCUT2D eigenvalue weighted by Crippen LogP contribution is -2.50. The number of carbonyl (C=O) groups is 1. The van der Waals surface area contributed by atoms with Crippen LogP contribution in [-0.4, -0.2) is 69.2 Å². The maximum Gasteiger partial charge on any atom is 0.329 e. The second-order valence-electron chi connectivity index (χ2n) is 7.74. The van der Waals surface area contributed by atoms with Crippen LogP contribution < -0.4 is 11.2 Å². The third-order valence-electron chi connectivity index (χ3n) is 5.56. The van der Waals surface area contributed by atoms with Crippen molar-refractivity contribution in [1.82, 2.24) is 28.7 Å². The van der Waals surface area contributed by atoms with E-state index in [1.165, 1.54) is 21.3 Å². The van der Waals surface area contributed by atoms with Gasteiger partial charge in [0.2, 0.25) is 15.9 Å². The third-order valence-corrected chi connectivity index (χ3v) is 7.13. The Morgan fingerprint density at radius 2 is 1.79 bits per heavy atom. The molecule has 3 heterocycles. The van der Waals surface area contributed by atoms with E-state index in [1.54, 1.807) is 11.0 Å². The SMILES string of the molecule is Cn1c(=O)[nH]c(=O)c2[nH]c(CCC(=O)N3CCN(S(=O)(=O)/C=C/c4ccccc4)CC3)nc21. The second kappa shape index (κ2) is 9.16. The molecule has 12 heteroatoms. The van der Waals surface area contributed by atoms with E-state index in [0.717, 1.165) is 5.56 Å². The largest absolute Gasteiger partial charge is 0.340 e. The average Bonchev–Trinajstić information content (AvgIpc) is 3.26. The molecule has 1 fully saturated rings. The van der Waals surface area contributed by atoms with Crippen LogP contribution in [0, 0.1) is 0 Å². The molecule has 11 nitrogen and oxygen atoms in total. The fraction of sp³-hybridized carbons (Fsp3) is 0.333. The van der Waals surface area contributed by atoms with E-state index < -0.39 is 21.3 Å². The summed E-state index contributed by atoms with van der Waals surface area (Å²) in [5.74, 6) is 0.299. The highest BCUT2D eigenvalue weighted by atomic mass is 32.2. The molecule has 0 unspecified atom stereocenters. The van der Waals surface area contributed by atoms with Gasteiger partial charge >= 0.3 is 5.69 Å². The standard InChI is InChI=1S/C21H24N6O5S/c1-25-19-18(20(29)24-21(25)30)22-16(23-19)7-8-17(28)26-10-12-27(13-11-26)33(31,32)14-9-15-5-3-2-4-6-15/h2-6,9,14H,7-8,10-13H2,1H3,(H,22,23)(H,24,29,30)/b14-9+. The molecule has 0 spiro atoms. The van der Waals surface area contributed by atoms with Crippen LogP contribution in [0.2, 0.25) is 0 Å². The van der Waals surface area contributed by atoms with Gasteiger partial charge in [0.25, 0.3) is 5.56 Å². The van der Waals surface area contributed by atoms with Gasteiger partial charge in [-0.05, 0) is 11.6 Å². The Labute approximate surface area is 189 Å². The topological polar surface area (TPSA) is 141 Å². The molecule has 1 saturated heterocycles. The number of hydrogen-bond acceptors (Lipinski definition) is 6. The fourth-order valence-corrected chi connectivity index (χ4v) is 4.83. The predicted octanol–water partition coefficient (Wildman–Crippen LogP) is 0.0274. The zero-order valence-electron chi connectivity index (χ0n) is 18.0. The van der Waals surface area contributed by atoms with Crippen molar-refractivity contribution in [2.45, 2.75) is 12.8 Å². The summed E-state index contributed by atoms with van der Waals surface area (Å²) in [5, 5.41) is 1.19. The predicted molar refractivity (Wildman–Crippen MR) is 123 cm³/mol. The maximum absolute atomic E-state index is 12.6. The van der Waals surface area contributed by atoms with Crippen LogP contribution in [-0.2, 0) is 28.3 Å². The van der Waals surface area contributed by atoms with Gasteiger partial charge in [0, 0.05) is 51.5 Å². The molecule has 0 aliphatic carbocycles. The van der Waals surface area contributed by atoms with Gasteiger partial charge in [-0.3, -0.25) is 19.1 Å². The van der Waals surface area contributed by atoms with Crippen LogP contribution in [0.1, 0.15) is 17.8 Å². The molecule has 1 aromatic carbocycles. The van der Waals surface area contributed by atoms with Crippen molar-refractivity contribution < 1.29 is 13.2 Å². The van der Waals surface area contributed by atoms with E-state index in [-0.39, 0.29) is 43.0 Å². The number of fused-ring (bicyclic) bond motifs is 1. The van der Waals surface area contributed by atoms with Crippen molar-refractivity contribution >= 4 is 33.2 Å². The molecule has 1 amide bonds. The van der Waals surface area contributed by atoms with Crippen molar-refractivity contribution in [3.63, 3.8) is 0 Å². The van der Waals surface area contributed by atoms with Gasteiger partial charge in [-0.1, -0.05) is 30.3 Å². The number of nitrogens with one attached hydrogen (secondary N) is 2. The second-order valence-corrected chi connectivity index (χ2v) is 9.56. The van der Waals surface area contributed by atoms with Gasteiger partial charge in [0.05, 0.1) is 0 Å². The Hall–Kier alpha value is -3.51. The lowest BCUT2D eigenvalue weighted by molar-refractivity contribution is -0.132. The molecule has 4 rings (SSSR count). The summed E-state index contributed by atoms with van der Waals surface area (Å²) in [6.07, 6.45) is 1.97. The van der Waals surface area contributed by atoms with Crippen molar-refractivity contribution in [2.24, 2.45) is 7.05 Å². The fourth-order valence-electron chi connectivity index (χ4n) is 3.66. The van der Waals surface area contributed by atoms with Crippen LogP contribution in [0.25, 0.3) is 17.2 Å². The normalized spacial score (nSPS) is 15.5. The molecule has 0 atom stereocenters. The zero-order chi connectivity index (χ0) is 23.6. The number of rotatable bonds is 6. The van der Waals surface area contributed by atoms with Crippen LogP contribution in [0.15, 0.2) is 45.3 Å². The summed E-state index contributed by atoms with van der Waals surface area (Å²) in [5.41, 5.74) is 0.0860. The quantitative estimate of drug-likeness (QED) is 0.518. The number of aryl methyl sites for hydroxylation is 2. The third kappa shape index (κ3) is 4.96. The molecule has 174 valence electrons. The summed E-state index contributed by atoms with van der Waals surface area (Å²) < 4.78 is 27.8. The minimum Gasteiger partial charge on any atom is -0.340 e. The maximum atomic E-state index is 12.6. The van der Waals surface area contributed by atoms with Gasteiger partial charge in [-0.15, -0.1) is 0 Å². The number of hydrogen-bond donors (Lipinski definition) is 2. The number of carbonyl (C=O) groups excluding carboxylic acids is 1. The van der Waals surface area contributed by atoms with Crippen LogP contribution in [0.3, 0.4) is 0 Å². The molecule has 1 aliphatic rings. The molecule has 33 heavy (non-hydrogen) atoms. The summed E-state index contributed by atoms with van der Waals surface area (Å²) in [4.78, 5) is 47.2. The van der Waals surface area contributed by atoms with E-state index in [2.05, 4.69) is 15.0 Å². The minimum atomic E-state index is -3.57. The first-order chi connectivity index (χ1) is 15.7. The molecular weight excluding hydrogens is 448 g/mol. The van der Waals surface area contributed by atoms with E-state index in [9.17, 15) is 22.8 Å². The number of imidazole rings is 1. The minimum absolute atomic E-state index is 0.130. The number of benzene rings is 1. The van der Waals surface area contributed by atoms with E-state index in [4.69, 9.17) is 0 Å². The first-order valence-corrected chi connectivity index (χ1v) is 11.9. The average molecular weight is 473 g/mol. The Kier molecular flexibility index (Phi) is 6.29. The van der Waals surface area contributed by atoms with Crippen molar-refractivity contribution in [1.29, 1.82) is 0 Å². The molecule has 2 N–H and O–H groups in total. The Balaban J connectivity index is 1.33. The van der Waals surface area contributed by atoms with Gasteiger partial charge in [-0.2, -0.15) is 4.31 Å². The molecule has 1 aliphatic heterocycles. The lowest BCUT2D eigenvalue weighted by atomic mass is 10.2. The molecular formula is C21H24N6O5S. The summed E-state index contributed by atoms with van der Waals surface area (Å²) in [6, 6.07) is 9.17. The van der Waals surface area contributed by atoms with Crippen LogP contribution >= 0.6 is 0 Å². The molecule has 0 bridgehead atoms. The number of sulfonamides is 1. The number of piperazine rings is 1. The smallest absolute Gasteiger partial charge is 0.329 e. The molecule has 2 aromatic heterocycles. The van der Waals surface area contributed by atoms with Gasteiger partial charge in [0.15, 0.2) is 5.65 Å². The van der Waals surface area contributed by atoms with Gasteiger partial charge < -0.3 is 9.88 Å². The number of nitrogens with zero attached hydrogens (tertiary/aromatic N) is 4. The van der Waals surface area contributed by atoms with Crippen molar-refractivity contribution in [3.8, 4) is 0 Å². The van der Waals surface area contributed by atoms with Crippen LogP contribution in [0.5, 0.6) is 0 Å². The van der Waals surface area contributed by atoms with E-state index in [0.29, 0.717) is 18.9 Å². The van der Waals surface area contributed by atoms with Gasteiger partial charge in [0.1, 0.15) is 11.3 Å². The Morgan fingerprint density at radius 3 is 2.48 bits per heavy atom. The lowest BCUT2D eigenvalue weighted by Gasteiger charge is -2.33. The highest BCUT2D eigenvalue weighted by molar-refractivity contribution is 7.92. The molecule has 3 aromatic rings. The summed E-state index contributed by atoms with van der Waals surface area (Å²) >= 11 is 0.